The van der Waals surface area contributed by atoms with E-state index in [0.29, 0.717) is 11.9 Å². The van der Waals surface area contributed by atoms with Gasteiger partial charge in [0.25, 0.3) is 5.69 Å². The quantitative estimate of drug-likeness (QED) is 0.639. The molecule has 100 valence electrons. The summed E-state index contributed by atoms with van der Waals surface area (Å²) in [5, 5.41) is 20.3. The molecule has 1 unspecified atom stereocenters. The predicted octanol–water partition coefficient (Wildman–Crippen LogP) is 3.04. The van der Waals surface area contributed by atoms with Gasteiger partial charge in [-0.15, -0.1) is 0 Å². The number of nitrogens with zero attached hydrogens (tertiary/aromatic N) is 1. The third kappa shape index (κ3) is 2.73. The highest BCUT2D eigenvalue weighted by Crippen LogP contribution is 2.30. The van der Waals surface area contributed by atoms with Crippen LogP contribution in [0.1, 0.15) is 31.2 Å². The number of nitro groups is 1. The van der Waals surface area contributed by atoms with E-state index in [-0.39, 0.29) is 18.0 Å². The molecule has 2 rings (SSSR count). The first kappa shape index (κ1) is 13.1. The average Bonchev–Trinajstić information content (AvgIpc) is 2.78. The second kappa shape index (κ2) is 5.09. The molecule has 0 radical (unpaired) electrons. The summed E-state index contributed by atoms with van der Waals surface area (Å²) in [7, 11) is 0. The van der Waals surface area contributed by atoms with Crippen molar-refractivity contribution < 1.29 is 14.8 Å². The van der Waals surface area contributed by atoms with Gasteiger partial charge in [-0.2, -0.15) is 0 Å². The lowest BCUT2D eigenvalue weighted by Crippen LogP contribution is -1.99. The van der Waals surface area contributed by atoms with Crippen molar-refractivity contribution in [1.82, 2.24) is 4.98 Å². The summed E-state index contributed by atoms with van der Waals surface area (Å²) in [5.74, 6) is -0.728. The van der Waals surface area contributed by atoms with Gasteiger partial charge in [0, 0.05) is 30.1 Å². The van der Waals surface area contributed by atoms with Crippen molar-refractivity contribution in [3.63, 3.8) is 0 Å². The maximum atomic E-state index is 10.7. The van der Waals surface area contributed by atoms with E-state index in [1.807, 2.05) is 6.92 Å². The van der Waals surface area contributed by atoms with E-state index >= 15 is 0 Å². The summed E-state index contributed by atoms with van der Waals surface area (Å²) >= 11 is 0. The van der Waals surface area contributed by atoms with Crippen molar-refractivity contribution in [2.75, 3.05) is 0 Å². The summed E-state index contributed by atoms with van der Waals surface area (Å²) < 4.78 is 0. The van der Waals surface area contributed by atoms with Gasteiger partial charge in [0.2, 0.25) is 0 Å². The Morgan fingerprint density at radius 1 is 1.53 bits per heavy atom. The van der Waals surface area contributed by atoms with Crippen LogP contribution in [0, 0.1) is 10.1 Å². The molecule has 0 saturated carbocycles. The summed E-state index contributed by atoms with van der Waals surface area (Å²) in [6.07, 6.45) is 2.45. The molecule has 2 aromatic rings. The van der Waals surface area contributed by atoms with E-state index in [2.05, 4.69) is 4.98 Å². The van der Waals surface area contributed by atoms with Crippen LogP contribution in [0.25, 0.3) is 10.9 Å². The van der Waals surface area contributed by atoms with E-state index in [1.165, 1.54) is 12.1 Å². The van der Waals surface area contributed by atoms with Crippen LogP contribution in [-0.4, -0.2) is 21.0 Å². The lowest BCUT2D eigenvalue weighted by Gasteiger charge is -2.08. The minimum absolute atomic E-state index is 0.0408. The molecule has 0 amide bonds. The van der Waals surface area contributed by atoms with Crippen molar-refractivity contribution >= 4 is 22.6 Å². The number of nitrogens with one attached hydrogen (secondary N) is 1. The van der Waals surface area contributed by atoms with E-state index in [1.54, 1.807) is 12.3 Å². The normalized spacial score (nSPS) is 12.5. The molecule has 6 heteroatoms. The Balaban J connectivity index is 2.30. The van der Waals surface area contributed by atoms with E-state index in [9.17, 15) is 14.9 Å². The fraction of sp³-hybridized carbons (Fsp3) is 0.308. The van der Waals surface area contributed by atoms with E-state index in [4.69, 9.17) is 5.11 Å². The molecule has 0 bridgehead atoms. The topological polar surface area (TPSA) is 96.2 Å². The largest absolute Gasteiger partial charge is 0.481 e. The number of aromatic nitrogens is 1. The molecule has 1 heterocycles. The summed E-state index contributed by atoms with van der Waals surface area (Å²) in [5.41, 5.74) is 1.73. The van der Waals surface area contributed by atoms with Crippen molar-refractivity contribution in [2.45, 2.75) is 25.7 Å². The molecule has 0 aliphatic carbocycles. The maximum Gasteiger partial charge on any atom is 0.303 e. The number of nitro benzene ring substituents is 1. The third-order valence-electron chi connectivity index (χ3n) is 3.23. The Morgan fingerprint density at radius 3 is 2.89 bits per heavy atom. The number of carbonyl (C=O) groups is 1. The van der Waals surface area contributed by atoms with Gasteiger partial charge in [-0.1, -0.05) is 6.92 Å². The van der Waals surface area contributed by atoms with Crippen LogP contribution < -0.4 is 0 Å². The lowest BCUT2D eigenvalue weighted by atomic mass is 9.96. The van der Waals surface area contributed by atoms with Crippen LogP contribution in [0.5, 0.6) is 0 Å². The van der Waals surface area contributed by atoms with Crippen molar-refractivity contribution in [1.29, 1.82) is 0 Å². The molecule has 1 aromatic carbocycles. The minimum Gasteiger partial charge on any atom is -0.481 e. The standard InChI is InChI=1S/C13H14N2O4/c1-8(2-5-13(16)17)11-7-14-12-6-9(15(18)19)3-4-10(11)12/h3-4,6-8,14H,2,5H2,1H3,(H,16,17). The minimum atomic E-state index is -0.817. The Kier molecular flexibility index (Phi) is 3.50. The third-order valence-corrected chi connectivity index (χ3v) is 3.23. The van der Waals surface area contributed by atoms with Crippen LogP contribution in [0.2, 0.25) is 0 Å². The number of H-pyrrole nitrogens is 1. The zero-order valence-electron chi connectivity index (χ0n) is 10.4. The van der Waals surface area contributed by atoms with Gasteiger partial charge in [0.05, 0.1) is 10.4 Å². The average molecular weight is 262 g/mol. The first-order valence-electron chi connectivity index (χ1n) is 5.96. The van der Waals surface area contributed by atoms with Gasteiger partial charge >= 0.3 is 5.97 Å². The van der Waals surface area contributed by atoms with Crippen LogP contribution in [0.3, 0.4) is 0 Å². The monoisotopic (exact) mass is 262 g/mol. The van der Waals surface area contributed by atoms with Gasteiger partial charge in [0.15, 0.2) is 0 Å². The van der Waals surface area contributed by atoms with Crippen molar-refractivity contribution in [3.05, 3.63) is 40.1 Å². The Morgan fingerprint density at radius 2 is 2.26 bits per heavy atom. The smallest absolute Gasteiger partial charge is 0.303 e. The Bertz CT molecular complexity index is 633. The first-order valence-corrected chi connectivity index (χ1v) is 5.96. The molecule has 0 fully saturated rings. The van der Waals surface area contributed by atoms with Gasteiger partial charge in [-0.25, -0.2) is 0 Å². The molecule has 2 N–H and O–H groups in total. The van der Waals surface area contributed by atoms with Crippen molar-refractivity contribution in [3.8, 4) is 0 Å². The molecule has 0 aliphatic rings. The number of hydrogen-bond acceptors (Lipinski definition) is 3. The Labute approximate surface area is 109 Å². The Hall–Kier alpha value is -2.37. The number of carboxylic acid groups (broad SMARTS) is 1. The van der Waals surface area contributed by atoms with Gasteiger partial charge in [-0.3, -0.25) is 14.9 Å². The van der Waals surface area contributed by atoms with Crippen LogP contribution >= 0.6 is 0 Å². The summed E-state index contributed by atoms with van der Waals surface area (Å²) in [6, 6.07) is 4.66. The molecular weight excluding hydrogens is 248 g/mol. The fourth-order valence-electron chi connectivity index (χ4n) is 2.15. The van der Waals surface area contributed by atoms with Gasteiger partial charge in [0.1, 0.15) is 0 Å². The highest BCUT2D eigenvalue weighted by Gasteiger charge is 2.15. The summed E-state index contributed by atoms with van der Waals surface area (Å²) in [6.45, 7) is 1.95. The summed E-state index contributed by atoms with van der Waals surface area (Å²) in [4.78, 5) is 23.8. The number of aliphatic carboxylic acids is 1. The number of non-ortho nitro benzene ring substituents is 1. The molecular formula is C13H14N2O4. The zero-order chi connectivity index (χ0) is 14.0. The second-order valence-electron chi connectivity index (χ2n) is 4.56. The number of fused-ring (bicyclic) bond motifs is 1. The molecule has 19 heavy (non-hydrogen) atoms. The number of hydrogen-bond donors (Lipinski definition) is 2. The van der Waals surface area contributed by atoms with E-state index in [0.717, 1.165) is 10.9 Å². The van der Waals surface area contributed by atoms with Crippen molar-refractivity contribution in [2.24, 2.45) is 0 Å². The molecule has 0 spiro atoms. The number of rotatable bonds is 5. The first-order chi connectivity index (χ1) is 8.99. The fourth-order valence-corrected chi connectivity index (χ4v) is 2.15. The SMILES string of the molecule is CC(CCC(=O)O)c1c[nH]c2cc([N+](=O)[O-])ccc12. The van der Waals surface area contributed by atoms with Crippen LogP contribution in [0.15, 0.2) is 24.4 Å². The molecule has 6 nitrogen and oxygen atoms in total. The van der Waals surface area contributed by atoms with Gasteiger partial charge < -0.3 is 10.1 Å². The van der Waals surface area contributed by atoms with Crippen LogP contribution in [-0.2, 0) is 4.79 Å². The van der Waals surface area contributed by atoms with Crippen LogP contribution in [0.4, 0.5) is 5.69 Å². The van der Waals surface area contributed by atoms with E-state index < -0.39 is 10.9 Å². The maximum absolute atomic E-state index is 10.7. The number of aromatic amines is 1. The molecule has 1 aromatic heterocycles. The number of carboxylic acids is 1. The zero-order valence-corrected chi connectivity index (χ0v) is 10.4. The highest BCUT2D eigenvalue weighted by molar-refractivity contribution is 5.85. The predicted molar refractivity (Wildman–Crippen MR) is 70.2 cm³/mol. The molecule has 1 atom stereocenters. The second-order valence-corrected chi connectivity index (χ2v) is 4.56. The molecule has 0 saturated heterocycles. The lowest BCUT2D eigenvalue weighted by molar-refractivity contribution is -0.384. The van der Waals surface area contributed by atoms with Gasteiger partial charge in [-0.05, 0) is 24.0 Å². The molecule has 0 aliphatic heterocycles. The number of benzene rings is 1. The highest BCUT2D eigenvalue weighted by atomic mass is 16.6.